The molecule has 5 aliphatic rings. The second kappa shape index (κ2) is 18.0. The van der Waals surface area contributed by atoms with E-state index < -0.39 is 36.4 Å². The van der Waals surface area contributed by atoms with Crippen molar-refractivity contribution >= 4 is 0 Å². The van der Waals surface area contributed by atoms with Gasteiger partial charge >= 0.3 is 0 Å². The Morgan fingerprint density at radius 2 is 1.73 bits per heavy atom. The summed E-state index contributed by atoms with van der Waals surface area (Å²) in [4.78, 5) is 3.07. The van der Waals surface area contributed by atoms with Gasteiger partial charge in [0.05, 0.1) is 38.1 Å². The molecule has 0 radical (unpaired) electrons. The van der Waals surface area contributed by atoms with Crippen LogP contribution in [0.15, 0.2) is 79.1 Å². The quantitative estimate of drug-likeness (QED) is 0.0515. The SMILES string of the molecule is CNC1C=CC2C(CCC(C(O)CC3(c4ccccc4)CCCC3)C2c2cc(C3CCC4C(O)CC(c5c(CO)c(O)c(O)c(OC)c5Cc5cc[nH]c5)OC4C3)ccc2O)C1. The van der Waals surface area contributed by atoms with E-state index in [1.54, 1.807) is 0 Å². The molecule has 8 N–H and O–H groups in total. The molecule has 62 heavy (non-hydrogen) atoms. The number of nitrogens with one attached hydrogen (secondary N) is 2. The van der Waals surface area contributed by atoms with E-state index in [-0.39, 0.29) is 64.6 Å². The van der Waals surface area contributed by atoms with Crippen LogP contribution in [0.5, 0.6) is 23.0 Å². The summed E-state index contributed by atoms with van der Waals surface area (Å²) in [5.74, 6) is 0.109. The number of methoxy groups -OCH3 is 1. The van der Waals surface area contributed by atoms with Gasteiger partial charge in [-0.05, 0) is 140 Å². The van der Waals surface area contributed by atoms with E-state index in [2.05, 4.69) is 58.9 Å². The minimum absolute atomic E-state index is 0.0115. The lowest BCUT2D eigenvalue weighted by Crippen LogP contribution is -2.45. The highest BCUT2D eigenvalue weighted by Crippen LogP contribution is 2.56. The van der Waals surface area contributed by atoms with Crippen LogP contribution in [0.1, 0.15) is 134 Å². The molecule has 9 rings (SSSR count). The molecule has 10 nitrogen and oxygen atoms in total. The molecule has 4 aliphatic carbocycles. The molecule has 1 aliphatic heterocycles. The Labute approximate surface area is 366 Å². The molecule has 0 amide bonds. The van der Waals surface area contributed by atoms with Crippen LogP contribution < -0.4 is 10.1 Å². The summed E-state index contributed by atoms with van der Waals surface area (Å²) in [6, 6.07) is 19.2. The number of aliphatic hydroxyl groups is 3. The molecule has 3 aromatic carbocycles. The molecule has 0 spiro atoms. The molecule has 1 saturated heterocycles. The molecule has 0 bridgehead atoms. The van der Waals surface area contributed by atoms with Crippen molar-refractivity contribution < 1.29 is 40.1 Å². The zero-order valence-electron chi connectivity index (χ0n) is 36.3. The van der Waals surface area contributed by atoms with Crippen molar-refractivity contribution in [1.29, 1.82) is 0 Å². The number of rotatable bonds is 12. The van der Waals surface area contributed by atoms with Crippen molar-refractivity contribution in [2.45, 2.75) is 138 Å². The van der Waals surface area contributed by atoms with Gasteiger partial charge in [0.1, 0.15) is 5.75 Å². The Morgan fingerprint density at radius 3 is 2.45 bits per heavy atom. The minimum Gasteiger partial charge on any atom is -0.508 e. The van der Waals surface area contributed by atoms with Gasteiger partial charge in [0.15, 0.2) is 11.5 Å². The van der Waals surface area contributed by atoms with E-state index in [0.29, 0.717) is 35.9 Å². The maximum atomic E-state index is 12.5. The molecular formula is C52H66N2O8. The minimum atomic E-state index is -0.677. The molecule has 11 unspecified atom stereocenters. The zero-order chi connectivity index (χ0) is 43.1. The summed E-state index contributed by atoms with van der Waals surface area (Å²) in [7, 11) is 3.46. The van der Waals surface area contributed by atoms with E-state index in [9.17, 15) is 30.6 Å². The number of H-pyrrole nitrogens is 1. The summed E-state index contributed by atoms with van der Waals surface area (Å²) in [5.41, 5.74) is 5.57. The van der Waals surface area contributed by atoms with Crippen LogP contribution in [0.4, 0.5) is 0 Å². The molecule has 332 valence electrons. The fraction of sp³-hybridized carbons (Fsp3) is 0.538. The largest absolute Gasteiger partial charge is 0.508 e. The van der Waals surface area contributed by atoms with Crippen LogP contribution in [0, 0.1) is 23.7 Å². The molecule has 4 aromatic rings. The zero-order valence-corrected chi connectivity index (χ0v) is 36.3. The number of phenolic OH excluding ortho intramolecular Hbond substituents is 2. The van der Waals surface area contributed by atoms with Gasteiger partial charge in [-0.2, -0.15) is 0 Å². The molecule has 3 saturated carbocycles. The lowest BCUT2D eigenvalue weighted by molar-refractivity contribution is -0.154. The highest BCUT2D eigenvalue weighted by molar-refractivity contribution is 5.64. The van der Waals surface area contributed by atoms with Gasteiger partial charge in [0.2, 0.25) is 5.75 Å². The molecule has 11 atom stereocenters. The van der Waals surface area contributed by atoms with Crippen molar-refractivity contribution in [3.63, 3.8) is 0 Å². The number of hydrogen-bond donors (Lipinski definition) is 8. The van der Waals surface area contributed by atoms with Gasteiger partial charge in [-0.3, -0.25) is 0 Å². The van der Waals surface area contributed by atoms with Crippen LogP contribution in [0.3, 0.4) is 0 Å². The van der Waals surface area contributed by atoms with E-state index >= 15 is 0 Å². The number of allylic oxidation sites excluding steroid dienone is 1. The van der Waals surface area contributed by atoms with Crippen LogP contribution in [-0.2, 0) is 23.2 Å². The lowest BCUT2D eigenvalue weighted by atomic mass is 9.58. The number of hydrogen-bond acceptors (Lipinski definition) is 9. The van der Waals surface area contributed by atoms with Gasteiger partial charge in [0, 0.05) is 48.3 Å². The number of aromatic amines is 1. The van der Waals surface area contributed by atoms with E-state index in [0.717, 1.165) is 68.1 Å². The summed E-state index contributed by atoms with van der Waals surface area (Å²) in [6.07, 6.45) is 17.3. The molecule has 10 heteroatoms. The first kappa shape index (κ1) is 43.0. The van der Waals surface area contributed by atoms with Gasteiger partial charge in [0.25, 0.3) is 0 Å². The topological polar surface area (TPSA) is 168 Å². The smallest absolute Gasteiger partial charge is 0.201 e. The predicted octanol–water partition coefficient (Wildman–Crippen LogP) is 8.53. The number of benzene rings is 3. The molecule has 2 heterocycles. The van der Waals surface area contributed by atoms with Gasteiger partial charge in [-0.1, -0.05) is 67.5 Å². The maximum Gasteiger partial charge on any atom is 0.201 e. The normalized spacial score (nSPS) is 31.0. The van der Waals surface area contributed by atoms with E-state index in [1.165, 1.54) is 25.5 Å². The van der Waals surface area contributed by atoms with Crippen molar-refractivity contribution in [2.24, 2.45) is 23.7 Å². The van der Waals surface area contributed by atoms with Crippen LogP contribution >= 0.6 is 0 Å². The van der Waals surface area contributed by atoms with Crippen molar-refractivity contribution in [1.82, 2.24) is 10.3 Å². The third kappa shape index (κ3) is 7.95. The number of aromatic hydroxyl groups is 3. The Bertz CT molecular complexity index is 2180. The third-order valence-corrected chi connectivity index (χ3v) is 16.2. The van der Waals surface area contributed by atoms with Crippen molar-refractivity contribution in [2.75, 3.05) is 14.2 Å². The number of ether oxygens (including phenoxy) is 2. The Morgan fingerprint density at radius 1 is 0.919 bits per heavy atom. The first-order valence-corrected chi connectivity index (χ1v) is 23.2. The summed E-state index contributed by atoms with van der Waals surface area (Å²) < 4.78 is 12.7. The number of aromatic nitrogens is 1. The molecular weight excluding hydrogens is 781 g/mol. The third-order valence-electron chi connectivity index (χ3n) is 16.2. The van der Waals surface area contributed by atoms with Crippen LogP contribution in [-0.4, -0.2) is 74.1 Å². The average molecular weight is 847 g/mol. The standard InChI is InChI=1S/C52H66N2O8/c1-53-35-13-16-36-33(23-35)11-15-38(44(58)27-52(19-6-7-20-52)34-8-4-3-5-9-34)47(36)39-24-31(12-17-42(39)56)32-10-14-37-43(57)26-46(62-45(37)25-32)48-40(22-30-18-21-54-28-30)51(61-2)50(60)49(59)41(48)29-55/h3-5,8-9,12-13,16-18,21,24,28,32-33,35-38,43-47,53-60H,6-7,10-11,14-15,19-20,22-23,25-27,29H2,1-2H3. The van der Waals surface area contributed by atoms with E-state index in [4.69, 9.17) is 9.47 Å². The monoisotopic (exact) mass is 846 g/mol. The fourth-order valence-electron chi connectivity index (χ4n) is 13.1. The Kier molecular flexibility index (Phi) is 12.5. The highest BCUT2D eigenvalue weighted by Gasteiger charge is 2.48. The second-order valence-corrected chi connectivity index (χ2v) is 19.4. The summed E-state index contributed by atoms with van der Waals surface area (Å²) in [6.45, 7) is -0.529. The number of phenols is 3. The maximum absolute atomic E-state index is 12.5. The first-order chi connectivity index (χ1) is 30.1. The number of aliphatic hydroxyl groups excluding tert-OH is 3. The second-order valence-electron chi connectivity index (χ2n) is 19.4. The van der Waals surface area contributed by atoms with Gasteiger partial charge < -0.3 is 50.4 Å². The fourth-order valence-corrected chi connectivity index (χ4v) is 13.1. The average Bonchev–Trinajstić information content (AvgIpc) is 4.00. The van der Waals surface area contributed by atoms with Gasteiger partial charge in [-0.25, -0.2) is 0 Å². The Hall–Kier alpha value is -4.32. The van der Waals surface area contributed by atoms with E-state index in [1.807, 2.05) is 37.6 Å². The Balaban J connectivity index is 1.03. The lowest BCUT2D eigenvalue weighted by Gasteiger charge is -2.48. The number of fused-ring (bicyclic) bond motifs is 2. The van der Waals surface area contributed by atoms with Crippen LogP contribution in [0.2, 0.25) is 0 Å². The van der Waals surface area contributed by atoms with Crippen LogP contribution in [0.25, 0.3) is 0 Å². The van der Waals surface area contributed by atoms with Gasteiger partial charge in [-0.15, -0.1) is 0 Å². The predicted molar refractivity (Wildman–Crippen MR) is 239 cm³/mol. The highest BCUT2D eigenvalue weighted by atomic mass is 16.5. The summed E-state index contributed by atoms with van der Waals surface area (Å²) >= 11 is 0. The molecule has 4 fully saturated rings. The van der Waals surface area contributed by atoms with Crippen molar-refractivity contribution in [3.8, 4) is 23.0 Å². The van der Waals surface area contributed by atoms with Crippen molar-refractivity contribution in [3.05, 3.63) is 118 Å². The molecule has 1 aromatic heterocycles. The number of likely N-dealkylation sites (N-methyl/N-ethyl adjacent to an activating group) is 1. The first-order valence-electron chi connectivity index (χ1n) is 23.2. The summed E-state index contributed by atoms with van der Waals surface area (Å²) in [5, 5.41) is 72.4.